The van der Waals surface area contributed by atoms with Gasteiger partial charge in [-0.3, -0.25) is 4.98 Å². The zero-order valence-corrected chi connectivity index (χ0v) is 12.3. The van der Waals surface area contributed by atoms with Gasteiger partial charge in [0.25, 0.3) is 0 Å². The predicted octanol–water partition coefficient (Wildman–Crippen LogP) is 4.07. The molecule has 0 atom stereocenters. The number of hydrogen-bond acceptors (Lipinski definition) is 4. The molecule has 1 N–H and O–H groups in total. The molecule has 0 radical (unpaired) electrons. The number of carbonyl (C=O) groups is 1. The molecule has 5 heteroatoms. The molecular weight excluding hydrogens is 296 g/mol. The van der Waals surface area contributed by atoms with Gasteiger partial charge in [0, 0.05) is 6.20 Å². The van der Waals surface area contributed by atoms with E-state index in [1.807, 2.05) is 54.6 Å². The first-order chi connectivity index (χ1) is 10.7. The third kappa shape index (κ3) is 3.10. The van der Waals surface area contributed by atoms with Crippen LogP contribution in [0.3, 0.4) is 0 Å². The summed E-state index contributed by atoms with van der Waals surface area (Å²) in [6.45, 7) is 0. The highest BCUT2D eigenvalue weighted by Gasteiger charge is 2.16. The molecule has 2 heterocycles. The van der Waals surface area contributed by atoms with E-state index in [1.54, 1.807) is 12.3 Å². The highest BCUT2D eigenvalue weighted by atomic mass is 32.1. The fourth-order valence-electron chi connectivity index (χ4n) is 1.94. The number of aromatic carboxylic acids is 1. The van der Waals surface area contributed by atoms with Crippen LogP contribution in [0.2, 0.25) is 0 Å². The van der Waals surface area contributed by atoms with Crippen LogP contribution in [0.15, 0.2) is 54.7 Å². The molecule has 108 valence electrons. The van der Waals surface area contributed by atoms with E-state index in [9.17, 15) is 9.90 Å². The molecule has 4 nitrogen and oxygen atoms in total. The number of hydrogen-bond donors (Lipinski definition) is 1. The molecule has 3 aromatic rings. The van der Waals surface area contributed by atoms with Crippen molar-refractivity contribution < 1.29 is 9.90 Å². The molecule has 0 saturated carbocycles. The van der Waals surface area contributed by atoms with Crippen molar-refractivity contribution in [2.24, 2.45) is 0 Å². The Bertz CT molecular complexity index is 811. The van der Waals surface area contributed by atoms with Gasteiger partial charge in [-0.05, 0) is 23.8 Å². The molecule has 0 unspecified atom stereocenters. The van der Waals surface area contributed by atoms with E-state index in [0.29, 0.717) is 16.4 Å². The van der Waals surface area contributed by atoms with Gasteiger partial charge in [0.2, 0.25) is 0 Å². The molecule has 2 aromatic heterocycles. The van der Waals surface area contributed by atoms with Gasteiger partial charge >= 0.3 is 5.97 Å². The summed E-state index contributed by atoms with van der Waals surface area (Å²) in [5.41, 5.74) is 2.11. The van der Waals surface area contributed by atoms with E-state index >= 15 is 0 Å². The monoisotopic (exact) mass is 308 g/mol. The van der Waals surface area contributed by atoms with Crippen LogP contribution in [-0.4, -0.2) is 21.0 Å². The van der Waals surface area contributed by atoms with Gasteiger partial charge in [-0.15, -0.1) is 11.3 Å². The molecular formula is C17H12N2O2S. The fraction of sp³-hybridized carbons (Fsp3) is 0. The minimum absolute atomic E-state index is 0.216. The number of nitrogens with zero attached hydrogens (tertiary/aromatic N) is 2. The van der Waals surface area contributed by atoms with Crippen LogP contribution in [0.4, 0.5) is 0 Å². The molecule has 0 saturated heterocycles. The summed E-state index contributed by atoms with van der Waals surface area (Å²) in [6.07, 6.45) is 5.24. The molecule has 0 spiro atoms. The van der Waals surface area contributed by atoms with E-state index in [2.05, 4.69) is 9.97 Å². The summed E-state index contributed by atoms with van der Waals surface area (Å²) in [5, 5.41) is 9.94. The minimum Gasteiger partial charge on any atom is -0.477 e. The fourth-order valence-corrected chi connectivity index (χ4v) is 2.80. The smallest absolute Gasteiger partial charge is 0.348 e. The van der Waals surface area contributed by atoms with Crippen molar-refractivity contribution >= 4 is 29.5 Å². The number of thiazole rings is 1. The van der Waals surface area contributed by atoms with Crippen molar-refractivity contribution in [3.05, 3.63) is 70.9 Å². The van der Waals surface area contributed by atoms with Crippen LogP contribution in [0.25, 0.3) is 22.9 Å². The van der Waals surface area contributed by atoms with E-state index < -0.39 is 5.97 Å². The average Bonchev–Trinajstić information content (AvgIpc) is 2.99. The van der Waals surface area contributed by atoms with Crippen molar-refractivity contribution in [3.8, 4) is 10.7 Å². The van der Waals surface area contributed by atoms with Crippen LogP contribution < -0.4 is 0 Å². The molecule has 3 rings (SSSR count). The Kier molecular flexibility index (Phi) is 4.07. The van der Waals surface area contributed by atoms with E-state index in [4.69, 9.17) is 0 Å². The van der Waals surface area contributed by atoms with Crippen molar-refractivity contribution in [3.63, 3.8) is 0 Å². The first kappa shape index (κ1) is 14.2. The molecule has 0 aliphatic heterocycles. The second-order valence-corrected chi connectivity index (χ2v) is 5.50. The Morgan fingerprint density at radius 3 is 2.50 bits per heavy atom. The van der Waals surface area contributed by atoms with Crippen LogP contribution in [0.5, 0.6) is 0 Å². The zero-order valence-electron chi connectivity index (χ0n) is 11.5. The molecule has 1 aromatic carbocycles. The quantitative estimate of drug-likeness (QED) is 0.789. The maximum Gasteiger partial charge on any atom is 0.348 e. The number of carboxylic acid groups (broad SMARTS) is 1. The number of aromatic nitrogens is 2. The molecule has 0 aliphatic rings. The maximum atomic E-state index is 11.4. The van der Waals surface area contributed by atoms with Crippen LogP contribution in [0, 0.1) is 0 Å². The van der Waals surface area contributed by atoms with Gasteiger partial charge in [-0.1, -0.05) is 42.5 Å². The van der Waals surface area contributed by atoms with Gasteiger partial charge in [-0.25, -0.2) is 9.78 Å². The number of benzene rings is 1. The number of carboxylic acids is 1. The third-order valence-electron chi connectivity index (χ3n) is 2.96. The molecule has 0 fully saturated rings. The lowest BCUT2D eigenvalue weighted by Crippen LogP contribution is -1.94. The lowest BCUT2D eigenvalue weighted by molar-refractivity contribution is 0.0701. The first-order valence-corrected chi connectivity index (χ1v) is 7.44. The Morgan fingerprint density at radius 2 is 1.82 bits per heavy atom. The summed E-state index contributed by atoms with van der Waals surface area (Å²) in [7, 11) is 0. The summed E-state index contributed by atoms with van der Waals surface area (Å²) >= 11 is 1.13. The maximum absolute atomic E-state index is 11.4. The first-order valence-electron chi connectivity index (χ1n) is 6.63. The normalized spacial score (nSPS) is 10.9. The zero-order chi connectivity index (χ0) is 15.4. The minimum atomic E-state index is -0.979. The van der Waals surface area contributed by atoms with Crippen molar-refractivity contribution in [1.82, 2.24) is 9.97 Å². The number of rotatable bonds is 4. The predicted molar refractivity (Wildman–Crippen MR) is 87.7 cm³/mol. The topological polar surface area (TPSA) is 63.1 Å². The number of pyridine rings is 1. The highest BCUT2D eigenvalue weighted by molar-refractivity contribution is 7.17. The average molecular weight is 308 g/mol. The van der Waals surface area contributed by atoms with Crippen molar-refractivity contribution in [1.29, 1.82) is 0 Å². The van der Waals surface area contributed by atoms with Gasteiger partial charge < -0.3 is 5.11 Å². The summed E-state index contributed by atoms with van der Waals surface area (Å²) in [6, 6.07) is 15.2. The molecule has 0 amide bonds. The Morgan fingerprint density at radius 1 is 1.05 bits per heavy atom. The summed E-state index contributed by atoms with van der Waals surface area (Å²) in [5.74, 6) is -0.979. The van der Waals surface area contributed by atoms with Gasteiger partial charge in [0.15, 0.2) is 0 Å². The summed E-state index contributed by atoms with van der Waals surface area (Å²) in [4.78, 5) is 20.2. The molecule has 0 bridgehead atoms. The molecule has 22 heavy (non-hydrogen) atoms. The van der Waals surface area contributed by atoms with Gasteiger partial charge in [-0.2, -0.15) is 0 Å². The second-order valence-electron chi connectivity index (χ2n) is 4.50. The Hall–Kier alpha value is -2.79. The van der Waals surface area contributed by atoms with E-state index in [0.717, 1.165) is 16.9 Å². The second kappa shape index (κ2) is 6.32. The lowest BCUT2D eigenvalue weighted by Gasteiger charge is -1.92. The van der Waals surface area contributed by atoms with Crippen molar-refractivity contribution in [2.45, 2.75) is 0 Å². The van der Waals surface area contributed by atoms with Gasteiger partial charge in [0.05, 0.1) is 11.4 Å². The SMILES string of the molecule is O=C(O)c1sc(-c2ccccn2)nc1/C=C/c1ccccc1. The standard InChI is InChI=1S/C17H12N2O2S/c20-17(21)15-13(10-9-12-6-2-1-3-7-12)19-16(22-15)14-8-4-5-11-18-14/h1-11H,(H,20,21)/b10-9+. The Balaban J connectivity index is 1.98. The van der Waals surface area contributed by atoms with Crippen LogP contribution in [-0.2, 0) is 0 Å². The van der Waals surface area contributed by atoms with Crippen LogP contribution >= 0.6 is 11.3 Å². The molecule has 0 aliphatic carbocycles. The van der Waals surface area contributed by atoms with Gasteiger partial charge in [0.1, 0.15) is 9.88 Å². The van der Waals surface area contributed by atoms with E-state index in [1.165, 1.54) is 0 Å². The lowest BCUT2D eigenvalue weighted by atomic mass is 10.2. The largest absolute Gasteiger partial charge is 0.477 e. The van der Waals surface area contributed by atoms with Crippen molar-refractivity contribution in [2.75, 3.05) is 0 Å². The third-order valence-corrected chi connectivity index (χ3v) is 4.05. The Labute approximate surface area is 131 Å². The summed E-state index contributed by atoms with van der Waals surface area (Å²) < 4.78 is 0. The highest BCUT2D eigenvalue weighted by Crippen LogP contribution is 2.28. The van der Waals surface area contributed by atoms with E-state index in [-0.39, 0.29) is 4.88 Å². The van der Waals surface area contributed by atoms with Crippen LogP contribution in [0.1, 0.15) is 20.9 Å².